The van der Waals surface area contributed by atoms with E-state index in [1.165, 1.54) is 12.1 Å². The van der Waals surface area contributed by atoms with Gasteiger partial charge in [0.15, 0.2) is 0 Å². The number of carbonyl (C=O) groups is 2. The molecule has 0 aliphatic rings. The number of carbonyl (C=O) groups excluding carboxylic acids is 1. The summed E-state index contributed by atoms with van der Waals surface area (Å²) >= 11 is 0. The van der Waals surface area contributed by atoms with Crippen molar-refractivity contribution in [3.8, 4) is 5.75 Å². The van der Waals surface area contributed by atoms with Crippen LogP contribution in [-0.4, -0.2) is 34.7 Å². The molecule has 21 heavy (non-hydrogen) atoms. The predicted octanol–water partition coefficient (Wildman–Crippen LogP) is 1.81. The van der Waals surface area contributed by atoms with Crippen LogP contribution in [0.4, 0.5) is 5.69 Å². The maximum absolute atomic E-state index is 11.8. The number of hydrogen-bond donors (Lipinski definition) is 4. The third kappa shape index (κ3) is 6.76. The van der Waals surface area contributed by atoms with Gasteiger partial charge in [-0.05, 0) is 43.1 Å². The summed E-state index contributed by atoms with van der Waals surface area (Å²) < 4.78 is 0. The average molecular weight is 294 g/mol. The zero-order valence-corrected chi connectivity index (χ0v) is 12.3. The summed E-state index contributed by atoms with van der Waals surface area (Å²) in [6.07, 6.45) is 0.706. The molecule has 6 heteroatoms. The van der Waals surface area contributed by atoms with Crippen LogP contribution in [0.2, 0.25) is 0 Å². The summed E-state index contributed by atoms with van der Waals surface area (Å²) in [5.41, 5.74) is 0.518. The topological polar surface area (TPSA) is 98.7 Å². The van der Waals surface area contributed by atoms with Gasteiger partial charge in [0.2, 0.25) is 5.91 Å². The first-order valence-electron chi connectivity index (χ1n) is 6.93. The number of aliphatic carboxylic acids is 1. The van der Waals surface area contributed by atoms with Crippen LogP contribution in [0, 0.1) is 5.92 Å². The molecule has 116 valence electrons. The molecule has 0 saturated heterocycles. The van der Waals surface area contributed by atoms with E-state index in [1.807, 2.05) is 0 Å². The molecule has 0 aliphatic heterocycles. The number of phenols is 1. The maximum Gasteiger partial charge on any atom is 0.321 e. The second kappa shape index (κ2) is 8.26. The van der Waals surface area contributed by atoms with Crippen LogP contribution in [0.15, 0.2) is 24.3 Å². The van der Waals surface area contributed by atoms with Crippen LogP contribution in [0.25, 0.3) is 0 Å². The summed E-state index contributed by atoms with van der Waals surface area (Å²) in [6.45, 7) is 4.66. The van der Waals surface area contributed by atoms with Crippen molar-refractivity contribution >= 4 is 17.6 Å². The second-order valence-corrected chi connectivity index (χ2v) is 5.33. The SMILES string of the molecule is CC(C)CCNC(CC(=O)Nc1ccc(O)cc1)C(=O)O. The van der Waals surface area contributed by atoms with E-state index in [2.05, 4.69) is 24.5 Å². The minimum absolute atomic E-state index is 0.103. The minimum Gasteiger partial charge on any atom is -0.508 e. The zero-order chi connectivity index (χ0) is 15.8. The van der Waals surface area contributed by atoms with E-state index in [4.69, 9.17) is 10.2 Å². The maximum atomic E-state index is 11.8. The van der Waals surface area contributed by atoms with Crippen molar-refractivity contribution in [2.24, 2.45) is 5.92 Å². The highest BCUT2D eigenvalue weighted by molar-refractivity contribution is 5.94. The molecule has 0 aromatic heterocycles. The van der Waals surface area contributed by atoms with Crippen molar-refractivity contribution in [3.05, 3.63) is 24.3 Å². The molecule has 0 fully saturated rings. The largest absolute Gasteiger partial charge is 0.508 e. The lowest BCUT2D eigenvalue weighted by Crippen LogP contribution is -2.40. The van der Waals surface area contributed by atoms with Crippen LogP contribution in [0.1, 0.15) is 26.7 Å². The summed E-state index contributed by atoms with van der Waals surface area (Å²) in [4.78, 5) is 23.0. The van der Waals surface area contributed by atoms with Crippen LogP contribution in [-0.2, 0) is 9.59 Å². The molecule has 1 aromatic carbocycles. The van der Waals surface area contributed by atoms with Gasteiger partial charge in [-0.25, -0.2) is 0 Å². The van der Waals surface area contributed by atoms with Gasteiger partial charge in [-0.2, -0.15) is 0 Å². The Balaban J connectivity index is 2.48. The number of benzene rings is 1. The molecule has 0 saturated carbocycles. The van der Waals surface area contributed by atoms with E-state index in [-0.39, 0.29) is 18.1 Å². The second-order valence-electron chi connectivity index (χ2n) is 5.33. The first kappa shape index (κ1) is 17.0. The standard InChI is InChI=1S/C15H22N2O4/c1-10(2)7-8-16-13(15(20)21)9-14(19)17-11-3-5-12(18)6-4-11/h3-6,10,13,16,18H,7-9H2,1-2H3,(H,17,19)(H,20,21). The van der Waals surface area contributed by atoms with Gasteiger partial charge in [0.25, 0.3) is 0 Å². The molecular weight excluding hydrogens is 272 g/mol. The van der Waals surface area contributed by atoms with Gasteiger partial charge in [-0.15, -0.1) is 0 Å². The van der Waals surface area contributed by atoms with Crippen LogP contribution in [0.3, 0.4) is 0 Å². The monoisotopic (exact) mass is 294 g/mol. The molecule has 1 unspecified atom stereocenters. The van der Waals surface area contributed by atoms with Crippen LogP contribution in [0.5, 0.6) is 5.75 Å². The number of carboxylic acids is 1. The highest BCUT2D eigenvalue weighted by Crippen LogP contribution is 2.14. The summed E-state index contributed by atoms with van der Waals surface area (Å²) in [7, 11) is 0. The number of anilines is 1. The Bertz CT molecular complexity index is 471. The first-order valence-corrected chi connectivity index (χ1v) is 6.93. The normalized spacial score (nSPS) is 12.1. The molecule has 1 aromatic rings. The summed E-state index contributed by atoms with van der Waals surface area (Å²) in [6, 6.07) is 5.10. The number of amides is 1. The lowest BCUT2D eigenvalue weighted by Gasteiger charge is -2.15. The Morgan fingerprint density at radius 2 is 1.81 bits per heavy atom. The Kier molecular flexibility index (Phi) is 6.68. The lowest BCUT2D eigenvalue weighted by molar-refractivity contribution is -0.141. The van der Waals surface area contributed by atoms with E-state index >= 15 is 0 Å². The fourth-order valence-corrected chi connectivity index (χ4v) is 1.74. The van der Waals surface area contributed by atoms with E-state index in [9.17, 15) is 9.59 Å². The smallest absolute Gasteiger partial charge is 0.321 e. The van der Waals surface area contributed by atoms with Gasteiger partial charge in [-0.1, -0.05) is 13.8 Å². The third-order valence-corrected chi connectivity index (χ3v) is 2.95. The Hall–Kier alpha value is -2.08. The van der Waals surface area contributed by atoms with E-state index in [1.54, 1.807) is 12.1 Å². The number of aromatic hydroxyl groups is 1. The average Bonchev–Trinajstić information content (AvgIpc) is 2.39. The molecule has 1 atom stereocenters. The lowest BCUT2D eigenvalue weighted by atomic mass is 10.1. The van der Waals surface area contributed by atoms with Crippen LogP contribution < -0.4 is 10.6 Å². The number of nitrogens with one attached hydrogen (secondary N) is 2. The van der Waals surface area contributed by atoms with Crippen molar-refractivity contribution in [3.63, 3.8) is 0 Å². The van der Waals surface area contributed by atoms with E-state index in [0.717, 1.165) is 6.42 Å². The summed E-state index contributed by atoms with van der Waals surface area (Å²) in [5.74, 6) is -0.853. The Morgan fingerprint density at radius 1 is 1.19 bits per heavy atom. The molecule has 4 N–H and O–H groups in total. The van der Waals surface area contributed by atoms with Gasteiger partial charge < -0.3 is 20.8 Å². The molecule has 0 bridgehead atoms. The van der Waals surface area contributed by atoms with E-state index < -0.39 is 12.0 Å². The van der Waals surface area contributed by atoms with Crippen LogP contribution >= 0.6 is 0 Å². The number of carboxylic acid groups (broad SMARTS) is 1. The molecule has 0 radical (unpaired) electrons. The fourth-order valence-electron chi connectivity index (χ4n) is 1.74. The molecule has 1 amide bonds. The third-order valence-electron chi connectivity index (χ3n) is 2.95. The van der Waals surface area contributed by atoms with Crippen molar-refractivity contribution in [1.29, 1.82) is 0 Å². The number of hydrogen-bond acceptors (Lipinski definition) is 4. The number of phenolic OH excluding ortho intramolecular Hbond substituents is 1. The minimum atomic E-state index is -1.04. The molecule has 0 spiro atoms. The van der Waals surface area contributed by atoms with Crippen molar-refractivity contribution in [2.45, 2.75) is 32.7 Å². The van der Waals surface area contributed by atoms with Gasteiger partial charge in [0, 0.05) is 5.69 Å². The first-order chi connectivity index (χ1) is 9.88. The Morgan fingerprint density at radius 3 is 2.33 bits per heavy atom. The van der Waals surface area contributed by atoms with Crippen molar-refractivity contribution in [1.82, 2.24) is 5.32 Å². The van der Waals surface area contributed by atoms with Crippen molar-refractivity contribution < 1.29 is 19.8 Å². The molecular formula is C15H22N2O4. The molecule has 0 heterocycles. The predicted molar refractivity (Wildman–Crippen MR) is 80.2 cm³/mol. The molecule has 0 aliphatic carbocycles. The number of rotatable bonds is 8. The Labute approximate surface area is 124 Å². The highest BCUT2D eigenvalue weighted by atomic mass is 16.4. The van der Waals surface area contributed by atoms with E-state index in [0.29, 0.717) is 18.2 Å². The van der Waals surface area contributed by atoms with Gasteiger partial charge in [0.05, 0.1) is 6.42 Å². The van der Waals surface area contributed by atoms with Gasteiger partial charge >= 0.3 is 5.97 Å². The van der Waals surface area contributed by atoms with Gasteiger partial charge in [0.1, 0.15) is 11.8 Å². The quantitative estimate of drug-likeness (QED) is 0.548. The van der Waals surface area contributed by atoms with Crippen molar-refractivity contribution in [2.75, 3.05) is 11.9 Å². The summed E-state index contributed by atoms with van der Waals surface area (Å²) in [5, 5.41) is 23.7. The molecule has 6 nitrogen and oxygen atoms in total. The van der Waals surface area contributed by atoms with Gasteiger partial charge in [-0.3, -0.25) is 9.59 Å². The zero-order valence-electron chi connectivity index (χ0n) is 12.3. The fraction of sp³-hybridized carbons (Fsp3) is 0.467. The highest BCUT2D eigenvalue weighted by Gasteiger charge is 2.20. The molecule has 1 rings (SSSR count).